The zero-order chi connectivity index (χ0) is 17.7. The first-order valence-corrected chi connectivity index (χ1v) is 9.23. The van der Waals surface area contributed by atoms with E-state index in [0.717, 1.165) is 0 Å². The normalized spacial score (nSPS) is 18.6. The summed E-state index contributed by atoms with van der Waals surface area (Å²) in [7, 11) is -3.07. The summed E-state index contributed by atoms with van der Waals surface area (Å²) in [4.78, 5) is 34.8. The average Bonchev–Trinajstić information content (AvgIpc) is 2.84. The van der Waals surface area contributed by atoms with E-state index in [1.165, 1.54) is 6.92 Å². The van der Waals surface area contributed by atoms with Gasteiger partial charge in [-0.3, -0.25) is 9.59 Å². The van der Waals surface area contributed by atoms with Crippen LogP contribution in [0.4, 0.5) is 10.5 Å². The summed E-state index contributed by atoms with van der Waals surface area (Å²) >= 11 is 0. The van der Waals surface area contributed by atoms with E-state index < -0.39 is 27.8 Å². The maximum absolute atomic E-state index is 11.8. The number of carbonyl (C=O) groups excluding carboxylic acids is 3. The van der Waals surface area contributed by atoms with Crippen molar-refractivity contribution in [1.82, 2.24) is 10.6 Å². The molecule has 0 unspecified atom stereocenters. The van der Waals surface area contributed by atoms with Crippen molar-refractivity contribution in [1.29, 1.82) is 0 Å². The number of amides is 3. The molecule has 3 amide bonds. The van der Waals surface area contributed by atoms with Gasteiger partial charge >= 0.3 is 6.03 Å². The Hall–Kier alpha value is -2.42. The molecule has 0 radical (unpaired) electrons. The Morgan fingerprint density at radius 1 is 1.25 bits per heavy atom. The van der Waals surface area contributed by atoms with E-state index in [-0.39, 0.29) is 23.8 Å². The van der Waals surface area contributed by atoms with E-state index >= 15 is 0 Å². The lowest BCUT2D eigenvalue weighted by Crippen LogP contribution is -2.45. The predicted octanol–water partition coefficient (Wildman–Crippen LogP) is 0.314. The van der Waals surface area contributed by atoms with Crippen molar-refractivity contribution in [2.45, 2.75) is 19.4 Å². The van der Waals surface area contributed by atoms with Crippen LogP contribution in [0.1, 0.15) is 23.7 Å². The second kappa shape index (κ2) is 7.43. The molecule has 0 aromatic heterocycles. The summed E-state index contributed by atoms with van der Waals surface area (Å²) in [5.41, 5.74) is 0.928. The molecular formula is C15H19N3O5S. The van der Waals surface area contributed by atoms with Crippen molar-refractivity contribution in [2.75, 3.05) is 23.4 Å². The molecule has 1 aliphatic heterocycles. The number of rotatable bonds is 5. The first kappa shape index (κ1) is 17.9. The van der Waals surface area contributed by atoms with E-state index in [0.29, 0.717) is 17.7 Å². The number of carbonyl (C=O) groups is 3. The summed E-state index contributed by atoms with van der Waals surface area (Å²) < 4.78 is 22.6. The molecule has 1 fully saturated rings. The second-order valence-corrected chi connectivity index (χ2v) is 7.84. The largest absolute Gasteiger partial charge is 0.334 e. The number of Topliss-reactive ketones (excluding diaryl/α,β-unsaturated/α-hetero) is 1. The average molecular weight is 353 g/mol. The van der Waals surface area contributed by atoms with Gasteiger partial charge in [-0.2, -0.15) is 0 Å². The number of anilines is 1. The van der Waals surface area contributed by atoms with E-state index in [1.807, 2.05) is 0 Å². The SMILES string of the molecule is CC(=O)c1cccc(NC(=O)CNC(=O)N[C@@H]2CCS(=O)(=O)C2)c1. The Morgan fingerprint density at radius 3 is 2.62 bits per heavy atom. The van der Waals surface area contributed by atoms with E-state index in [9.17, 15) is 22.8 Å². The minimum Gasteiger partial charge on any atom is -0.334 e. The van der Waals surface area contributed by atoms with Crippen molar-refractivity contribution in [3.05, 3.63) is 29.8 Å². The third kappa shape index (κ3) is 5.34. The highest BCUT2D eigenvalue weighted by Crippen LogP contribution is 2.11. The summed E-state index contributed by atoms with van der Waals surface area (Å²) in [6.07, 6.45) is 0.375. The lowest BCUT2D eigenvalue weighted by Gasteiger charge is -2.12. The fraction of sp³-hybridized carbons (Fsp3) is 0.400. The summed E-state index contributed by atoms with van der Waals surface area (Å²) in [6, 6.07) is 5.44. The van der Waals surface area contributed by atoms with Gasteiger partial charge < -0.3 is 16.0 Å². The minimum absolute atomic E-state index is 0.0604. The van der Waals surface area contributed by atoms with Gasteiger partial charge in [0.15, 0.2) is 15.6 Å². The van der Waals surface area contributed by atoms with Gasteiger partial charge in [0, 0.05) is 17.3 Å². The zero-order valence-electron chi connectivity index (χ0n) is 13.2. The van der Waals surface area contributed by atoms with Crippen LogP contribution in [0.2, 0.25) is 0 Å². The molecule has 130 valence electrons. The molecule has 3 N–H and O–H groups in total. The molecule has 0 bridgehead atoms. The first-order valence-electron chi connectivity index (χ1n) is 7.41. The number of ketones is 1. The van der Waals surface area contributed by atoms with E-state index in [1.54, 1.807) is 24.3 Å². The van der Waals surface area contributed by atoms with Crippen LogP contribution in [0, 0.1) is 0 Å². The summed E-state index contributed by atoms with van der Waals surface area (Å²) in [6.45, 7) is 1.16. The molecule has 1 saturated heterocycles. The van der Waals surface area contributed by atoms with Crippen LogP contribution in [0.5, 0.6) is 0 Å². The zero-order valence-corrected chi connectivity index (χ0v) is 14.0. The van der Waals surface area contributed by atoms with Gasteiger partial charge in [0.2, 0.25) is 5.91 Å². The molecule has 9 heteroatoms. The van der Waals surface area contributed by atoms with Gasteiger partial charge in [0.1, 0.15) is 0 Å². The smallest absolute Gasteiger partial charge is 0.315 e. The fourth-order valence-electron chi connectivity index (χ4n) is 2.33. The van der Waals surface area contributed by atoms with Crippen molar-refractivity contribution in [3.63, 3.8) is 0 Å². The number of benzene rings is 1. The van der Waals surface area contributed by atoms with Gasteiger partial charge in [-0.25, -0.2) is 13.2 Å². The van der Waals surface area contributed by atoms with Crippen LogP contribution in [0.3, 0.4) is 0 Å². The number of hydrogen-bond acceptors (Lipinski definition) is 5. The number of nitrogens with one attached hydrogen (secondary N) is 3. The molecule has 0 saturated carbocycles. The number of hydrogen-bond donors (Lipinski definition) is 3. The van der Waals surface area contributed by atoms with Gasteiger partial charge in [-0.15, -0.1) is 0 Å². The third-order valence-corrected chi connectivity index (χ3v) is 5.30. The fourth-order valence-corrected chi connectivity index (χ4v) is 4.00. The number of urea groups is 1. The highest BCUT2D eigenvalue weighted by molar-refractivity contribution is 7.91. The first-order chi connectivity index (χ1) is 11.2. The van der Waals surface area contributed by atoms with Crippen LogP contribution in [0.15, 0.2) is 24.3 Å². The molecule has 1 aromatic rings. The molecule has 1 heterocycles. The second-order valence-electron chi connectivity index (χ2n) is 5.61. The van der Waals surface area contributed by atoms with Crippen LogP contribution >= 0.6 is 0 Å². The Morgan fingerprint density at radius 2 is 2.00 bits per heavy atom. The topological polar surface area (TPSA) is 121 Å². The molecule has 0 spiro atoms. The minimum atomic E-state index is -3.07. The lowest BCUT2D eigenvalue weighted by molar-refractivity contribution is -0.115. The van der Waals surface area contributed by atoms with E-state index in [2.05, 4.69) is 16.0 Å². The lowest BCUT2D eigenvalue weighted by atomic mass is 10.1. The van der Waals surface area contributed by atoms with Gasteiger partial charge in [0.25, 0.3) is 0 Å². The predicted molar refractivity (Wildman–Crippen MR) is 88.7 cm³/mol. The van der Waals surface area contributed by atoms with Crippen LogP contribution in [-0.4, -0.2) is 50.2 Å². The van der Waals surface area contributed by atoms with Crippen molar-refractivity contribution in [3.8, 4) is 0 Å². The maximum Gasteiger partial charge on any atom is 0.315 e. The van der Waals surface area contributed by atoms with Gasteiger partial charge in [-0.05, 0) is 25.5 Å². The van der Waals surface area contributed by atoms with Crippen molar-refractivity contribution in [2.24, 2.45) is 0 Å². The summed E-state index contributed by atoms with van der Waals surface area (Å²) in [5, 5.41) is 7.46. The molecule has 0 aliphatic carbocycles. The van der Waals surface area contributed by atoms with Gasteiger partial charge in [0.05, 0.1) is 18.1 Å². The molecule has 1 aliphatic rings. The van der Waals surface area contributed by atoms with Crippen LogP contribution in [-0.2, 0) is 14.6 Å². The quantitative estimate of drug-likeness (QED) is 0.658. The highest BCUT2D eigenvalue weighted by atomic mass is 32.2. The van der Waals surface area contributed by atoms with Crippen molar-refractivity contribution >= 4 is 33.2 Å². The van der Waals surface area contributed by atoms with Gasteiger partial charge in [-0.1, -0.05) is 12.1 Å². The molecule has 1 aromatic carbocycles. The molecular weight excluding hydrogens is 334 g/mol. The van der Waals surface area contributed by atoms with E-state index in [4.69, 9.17) is 0 Å². The Labute approximate surface area is 139 Å². The monoisotopic (exact) mass is 353 g/mol. The summed E-state index contributed by atoms with van der Waals surface area (Å²) in [5.74, 6) is -0.588. The maximum atomic E-state index is 11.8. The molecule has 24 heavy (non-hydrogen) atoms. The Balaban J connectivity index is 1.78. The van der Waals surface area contributed by atoms with Crippen LogP contribution in [0.25, 0.3) is 0 Å². The van der Waals surface area contributed by atoms with Crippen LogP contribution < -0.4 is 16.0 Å². The Bertz CT molecular complexity index is 760. The molecule has 8 nitrogen and oxygen atoms in total. The third-order valence-electron chi connectivity index (χ3n) is 3.53. The Kier molecular flexibility index (Phi) is 5.55. The highest BCUT2D eigenvalue weighted by Gasteiger charge is 2.28. The standard InChI is InChI=1S/C15H19N3O5S/c1-10(19)11-3-2-4-12(7-11)17-14(20)8-16-15(21)18-13-5-6-24(22,23)9-13/h2-4,7,13H,5-6,8-9H2,1H3,(H,17,20)(H2,16,18,21)/t13-/m1/s1. The molecule has 2 rings (SSSR count). The number of sulfone groups is 1. The molecule has 1 atom stereocenters. The van der Waals surface area contributed by atoms with Crippen molar-refractivity contribution < 1.29 is 22.8 Å².